The molecule has 4 N–H and O–H groups in total. The van der Waals surface area contributed by atoms with Crippen LogP contribution in [-0.2, 0) is 6.42 Å². The molecular formula is C17H27N5O. The first-order valence-electron chi connectivity index (χ1n) is 8.53. The van der Waals surface area contributed by atoms with E-state index in [2.05, 4.69) is 64.5 Å². The summed E-state index contributed by atoms with van der Waals surface area (Å²) in [6, 6.07) is 9.08. The van der Waals surface area contributed by atoms with Crippen LogP contribution in [0.2, 0.25) is 0 Å². The van der Waals surface area contributed by atoms with Gasteiger partial charge in [-0.05, 0) is 38.3 Å². The van der Waals surface area contributed by atoms with Gasteiger partial charge in [-0.15, -0.1) is 0 Å². The number of anilines is 1. The van der Waals surface area contributed by atoms with Crippen molar-refractivity contribution < 1.29 is 4.79 Å². The maximum Gasteiger partial charge on any atom is 0.315 e. The van der Waals surface area contributed by atoms with Crippen molar-refractivity contribution >= 4 is 11.7 Å². The zero-order valence-corrected chi connectivity index (χ0v) is 13.9. The van der Waals surface area contributed by atoms with E-state index in [-0.39, 0.29) is 24.2 Å². The zero-order chi connectivity index (χ0) is 16.2. The summed E-state index contributed by atoms with van der Waals surface area (Å²) in [5.74, 6) is 0. The second-order valence-corrected chi connectivity index (χ2v) is 6.51. The first kappa shape index (κ1) is 16.1. The SMILES string of the molecule is CC1NNC(C)C1NC(=O)NCCCN1CCc2ccccc21. The van der Waals surface area contributed by atoms with Crippen LogP contribution in [0.4, 0.5) is 10.5 Å². The summed E-state index contributed by atoms with van der Waals surface area (Å²) in [5.41, 5.74) is 9.06. The molecule has 1 saturated heterocycles. The lowest BCUT2D eigenvalue weighted by atomic mass is 10.1. The zero-order valence-electron chi connectivity index (χ0n) is 13.9. The third kappa shape index (κ3) is 3.76. The number of nitrogens with zero attached hydrogens (tertiary/aromatic N) is 1. The Bertz CT molecular complexity index is 540. The fraction of sp³-hybridized carbons (Fsp3) is 0.588. The minimum absolute atomic E-state index is 0.0824. The number of para-hydroxylation sites is 1. The number of hydrogen-bond acceptors (Lipinski definition) is 4. The molecule has 6 nitrogen and oxygen atoms in total. The highest BCUT2D eigenvalue weighted by Crippen LogP contribution is 2.27. The Labute approximate surface area is 138 Å². The Morgan fingerprint density at radius 2 is 2.00 bits per heavy atom. The summed E-state index contributed by atoms with van der Waals surface area (Å²) in [7, 11) is 0. The van der Waals surface area contributed by atoms with Crippen molar-refractivity contribution in [3.8, 4) is 0 Å². The smallest absolute Gasteiger partial charge is 0.315 e. The first-order valence-corrected chi connectivity index (χ1v) is 8.53. The molecule has 0 radical (unpaired) electrons. The van der Waals surface area contributed by atoms with Gasteiger partial charge in [-0.1, -0.05) is 18.2 Å². The van der Waals surface area contributed by atoms with Crippen LogP contribution in [0.5, 0.6) is 0 Å². The molecule has 0 saturated carbocycles. The van der Waals surface area contributed by atoms with Crippen molar-refractivity contribution in [1.29, 1.82) is 0 Å². The van der Waals surface area contributed by atoms with E-state index in [4.69, 9.17) is 0 Å². The predicted molar refractivity (Wildman–Crippen MR) is 92.5 cm³/mol. The lowest BCUT2D eigenvalue weighted by Crippen LogP contribution is -2.50. The summed E-state index contributed by atoms with van der Waals surface area (Å²) in [4.78, 5) is 14.4. The number of urea groups is 1. The molecule has 0 aromatic heterocycles. The van der Waals surface area contributed by atoms with Crippen LogP contribution < -0.4 is 26.4 Å². The Hall–Kier alpha value is -1.79. The van der Waals surface area contributed by atoms with Gasteiger partial charge in [0.1, 0.15) is 0 Å². The normalized spacial score (nSPS) is 26.2. The molecule has 2 aliphatic rings. The second kappa shape index (κ2) is 7.19. The molecule has 2 aliphatic heterocycles. The molecule has 126 valence electrons. The molecule has 2 atom stereocenters. The maximum absolute atomic E-state index is 12.0. The number of hydrazine groups is 1. The average Bonchev–Trinajstić information content (AvgIpc) is 3.10. The molecule has 2 heterocycles. The quantitative estimate of drug-likeness (QED) is 0.612. The summed E-state index contributed by atoms with van der Waals surface area (Å²) in [6.45, 7) is 6.88. The number of amides is 2. The van der Waals surface area contributed by atoms with Crippen molar-refractivity contribution in [2.24, 2.45) is 0 Å². The van der Waals surface area contributed by atoms with Gasteiger partial charge in [0.2, 0.25) is 0 Å². The van der Waals surface area contributed by atoms with Gasteiger partial charge >= 0.3 is 6.03 Å². The topological polar surface area (TPSA) is 68.4 Å². The largest absolute Gasteiger partial charge is 0.371 e. The number of fused-ring (bicyclic) bond motifs is 1. The fourth-order valence-corrected chi connectivity index (χ4v) is 3.44. The van der Waals surface area contributed by atoms with E-state index >= 15 is 0 Å². The maximum atomic E-state index is 12.0. The predicted octanol–water partition coefficient (Wildman–Crippen LogP) is 0.992. The molecule has 0 spiro atoms. The van der Waals surface area contributed by atoms with Crippen molar-refractivity contribution in [3.63, 3.8) is 0 Å². The second-order valence-electron chi connectivity index (χ2n) is 6.51. The van der Waals surface area contributed by atoms with E-state index in [1.165, 1.54) is 11.3 Å². The average molecular weight is 317 g/mol. The van der Waals surface area contributed by atoms with Crippen LogP contribution in [0, 0.1) is 0 Å². The van der Waals surface area contributed by atoms with Crippen LogP contribution in [-0.4, -0.2) is 43.8 Å². The number of hydrogen-bond donors (Lipinski definition) is 4. The van der Waals surface area contributed by atoms with E-state index in [0.717, 1.165) is 25.9 Å². The van der Waals surface area contributed by atoms with Gasteiger partial charge in [-0.2, -0.15) is 0 Å². The van der Waals surface area contributed by atoms with Gasteiger partial charge in [0.25, 0.3) is 0 Å². The van der Waals surface area contributed by atoms with Crippen molar-refractivity contribution in [3.05, 3.63) is 29.8 Å². The summed E-state index contributed by atoms with van der Waals surface area (Å²) in [6.07, 6.45) is 2.08. The van der Waals surface area contributed by atoms with Crippen LogP contribution in [0.3, 0.4) is 0 Å². The van der Waals surface area contributed by atoms with E-state index in [1.54, 1.807) is 0 Å². The third-order valence-electron chi connectivity index (χ3n) is 4.79. The molecule has 0 bridgehead atoms. The third-order valence-corrected chi connectivity index (χ3v) is 4.79. The minimum Gasteiger partial charge on any atom is -0.371 e. The molecule has 23 heavy (non-hydrogen) atoms. The van der Waals surface area contributed by atoms with Crippen LogP contribution in [0.25, 0.3) is 0 Å². The number of carbonyl (C=O) groups excluding carboxylic acids is 1. The molecule has 1 aromatic rings. The molecular weight excluding hydrogens is 290 g/mol. The minimum atomic E-state index is -0.0824. The lowest BCUT2D eigenvalue weighted by molar-refractivity contribution is 0.235. The van der Waals surface area contributed by atoms with Crippen molar-refractivity contribution in [2.45, 2.75) is 44.8 Å². The molecule has 1 aromatic carbocycles. The highest BCUT2D eigenvalue weighted by atomic mass is 16.2. The van der Waals surface area contributed by atoms with Crippen LogP contribution in [0.15, 0.2) is 24.3 Å². The fourth-order valence-electron chi connectivity index (χ4n) is 3.44. The summed E-state index contributed by atoms with van der Waals surface area (Å²) >= 11 is 0. The number of carbonyl (C=O) groups is 1. The van der Waals surface area contributed by atoms with Gasteiger partial charge in [-0.3, -0.25) is 10.9 Å². The molecule has 1 fully saturated rings. The summed E-state index contributed by atoms with van der Waals surface area (Å²) < 4.78 is 0. The van der Waals surface area contributed by atoms with Gasteiger partial charge in [0.05, 0.1) is 6.04 Å². The van der Waals surface area contributed by atoms with Crippen LogP contribution >= 0.6 is 0 Å². The van der Waals surface area contributed by atoms with Crippen molar-refractivity contribution in [1.82, 2.24) is 21.5 Å². The monoisotopic (exact) mass is 317 g/mol. The first-order chi connectivity index (χ1) is 11.1. The van der Waals surface area contributed by atoms with E-state index in [9.17, 15) is 4.79 Å². The van der Waals surface area contributed by atoms with Gasteiger partial charge in [-0.25, -0.2) is 4.79 Å². The van der Waals surface area contributed by atoms with E-state index in [0.29, 0.717) is 6.54 Å². The molecule has 2 amide bonds. The number of nitrogens with one attached hydrogen (secondary N) is 4. The Morgan fingerprint density at radius 1 is 1.26 bits per heavy atom. The molecule has 3 rings (SSSR count). The highest BCUT2D eigenvalue weighted by Gasteiger charge is 2.30. The Kier molecular flexibility index (Phi) is 5.03. The molecule has 6 heteroatoms. The van der Waals surface area contributed by atoms with Crippen molar-refractivity contribution in [2.75, 3.05) is 24.5 Å². The van der Waals surface area contributed by atoms with E-state index < -0.39 is 0 Å². The Morgan fingerprint density at radius 3 is 2.78 bits per heavy atom. The molecule has 0 aliphatic carbocycles. The summed E-state index contributed by atoms with van der Waals surface area (Å²) in [5, 5.41) is 6.00. The van der Waals surface area contributed by atoms with Gasteiger partial charge in [0.15, 0.2) is 0 Å². The standard InChI is InChI=1S/C17H27N5O/c1-12-16(13(2)21-20-12)19-17(23)18-9-5-10-22-11-8-14-6-3-4-7-15(14)22/h3-4,6-7,12-13,16,20-21H,5,8-11H2,1-2H3,(H2,18,19,23). The Balaban J connectivity index is 1.36. The number of benzene rings is 1. The molecule has 2 unspecified atom stereocenters. The highest BCUT2D eigenvalue weighted by molar-refractivity contribution is 5.74. The van der Waals surface area contributed by atoms with Gasteiger partial charge < -0.3 is 15.5 Å². The van der Waals surface area contributed by atoms with E-state index in [1.807, 2.05) is 0 Å². The van der Waals surface area contributed by atoms with Gasteiger partial charge in [0, 0.05) is 37.4 Å². The number of rotatable bonds is 5. The van der Waals surface area contributed by atoms with Crippen LogP contribution in [0.1, 0.15) is 25.8 Å². The lowest BCUT2D eigenvalue weighted by Gasteiger charge is -2.21.